The summed E-state index contributed by atoms with van der Waals surface area (Å²) < 4.78 is 2.41. The summed E-state index contributed by atoms with van der Waals surface area (Å²) in [6.07, 6.45) is 0. The average molecular weight is 815 g/mol. The zero-order valence-corrected chi connectivity index (χ0v) is 35.1. The Bertz CT molecular complexity index is 3590. The van der Waals surface area contributed by atoms with Gasteiger partial charge >= 0.3 is 0 Å². The molecule has 0 N–H and O–H groups in total. The van der Waals surface area contributed by atoms with Crippen LogP contribution in [0, 0.1) is 0 Å². The van der Waals surface area contributed by atoms with Crippen molar-refractivity contribution in [2.24, 2.45) is 0 Å². The summed E-state index contributed by atoms with van der Waals surface area (Å²) in [7, 11) is 0. The summed E-state index contributed by atoms with van der Waals surface area (Å²) in [5, 5.41) is 7.49. The van der Waals surface area contributed by atoms with E-state index in [9.17, 15) is 0 Å². The number of fused-ring (bicyclic) bond motifs is 5. The van der Waals surface area contributed by atoms with Gasteiger partial charge in [0.1, 0.15) is 0 Å². The van der Waals surface area contributed by atoms with Crippen molar-refractivity contribution in [2.45, 2.75) is 0 Å². The summed E-state index contributed by atoms with van der Waals surface area (Å²) in [4.78, 5) is 2.36. The number of anilines is 3. The molecular weight excluding hydrogens is 773 g/mol. The van der Waals surface area contributed by atoms with Gasteiger partial charge in [-0.1, -0.05) is 194 Å². The lowest BCUT2D eigenvalue weighted by atomic mass is 9.95. The first-order valence-electron chi connectivity index (χ1n) is 22.0. The third-order valence-electron chi connectivity index (χ3n) is 12.8. The quantitative estimate of drug-likeness (QED) is 0.148. The Hall–Kier alpha value is -8.46. The number of hydrogen-bond acceptors (Lipinski definition) is 1. The Morgan fingerprint density at radius 1 is 0.250 bits per heavy atom. The van der Waals surface area contributed by atoms with Gasteiger partial charge in [0, 0.05) is 33.4 Å². The monoisotopic (exact) mass is 814 g/mol. The first kappa shape index (κ1) is 37.3. The van der Waals surface area contributed by atoms with Crippen LogP contribution in [0.3, 0.4) is 0 Å². The Morgan fingerprint density at radius 3 is 1.42 bits per heavy atom. The van der Waals surface area contributed by atoms with Gasteiger partial charge in [0.05, 0.1) is 16.7 Å². The number of nitrogens with zero attached hydrogens (tertiary/aromatic N) is 2. The summed E-state index contributed by atoms with van der Waals surface area (Å²) in [5.74, 6) is 0. The van der Waals surface area contributed by atoms with E-state index in [1.807, 2.05) is 0 Å². The summed E-state index contributed by atoms with van der Waals surface area (Å²) >= 11 is 0. The molecule has 2 heteroatoms. The predicted molar refractivity (Wildman–Crippen MR) is 272 cm³/mol. The number of rotatable bonds is 8. The van der Waals surface area contributed by atoms with E-state index in [1.54, 1.807) is 0 Å². The van der Waals surface area contributed by atoms with Crippen LogP contribution >= 0.6 is 0 Å². The van der Waals surface area contributed by atoms with Crippen LogP contribution in [0.5, 0.6) is 0 Å². The standard InChI is InChI=1S/C62H42N2/c1-2-15-50-42-54(40-35-43(50)13-1)63(53-38-33-46(34-39-53)49-17-11-18-51(41-49)56-23-12-16-47-14-3-4-19-55(47)56)52-36-31-45(32-37-52)44-27-29-48(30-28-44)57-20-5-8-24-60(57)64-61-25-9-6-21-58(61)59-22-7-10-26-62(59)64/h1-42H. The van der Waals surface area contributed by atoms with Crippen LogP contribution in [0.2, 0.25) is 0 Å². The molecule has 0 spiro atoms. The normalized spacial score (nSPS) is 11.4. The molecule has 12 rings (SSSR count). The molecule has 300 valence electrons. The highest BCUT2D eigenvalue weighted by Gasteiger charge is 2.17. The number of hydrogen-bond donors (Lipinski definition) is 0. The molecule has 12 aromatic rings. The zero-order chi connectivity index (χ0) is 42.4. The maximum absolute atomic E-state index is 2.41. The second-order valence-corrected chi connectivity index (χ2v) is 16.5. The first-order valence-corrected chi connectivity index (χ1v) is 22.0. The first-order chi connectivity index (χ1) is 31.7. The van der Waals surface area contributed by atoms with Crippen molar-refractivity contribution in [2.75, 3.05) is 4.90 Å². The molecule has 0 bridgehead atoms. The van der Waals surface area contributed by atoms with E-state index in [4.69, 9.17) is 0 Å². The Kier molecular flexibility index (Phi) is 9.20. The van der Waals surface area contributed by atoms with E-state index in [0.29, 0.717) is 0 Å². The summed E-state index contributed by atoms with van der Waals surface area (Å²) in [6, 6.07) is 92.6. The number of para-hydroxylation sites is 3. The molecule has 1 heterocycles. The van der Waals surface area contributed by atoms with Crippen molar-refractivity contribution >= 4 is 60.4 Å². The van der Waals surface area contributed by atoms with Crippen LogP contribution in [0.25, 0.3) is 93.5 Å². The second kappa shape index (κ2) is 15.8. The van der Waals surface area contributed by atoms with Crippen LogP contribution < -0.4 is 4.90 Å². The van der Waals surface area contributed by atoms with Gasteiger partial charge in [-0.05, 0) is 121 Å². The van der Waals surface area contributed by atoms with E-state index in [1.165, 1.54) is 93.5 Å². The number of aromatic nitrogens is 1. The van der Waals surface area contributed by atoms with Gasteiger partial charge in [-0.25, -0.2) is 0 Å². The van der Waals surface area contributed by atoms with E-state index in [-0.39, 0.29) is 0 Å². The van der Waals surface area contributed by atoms with Crippen molar-refractivity contribution in [1.82, 2.24) is 4.57 Å². The molecule has 2 nitrogen and oxygen atoms in total. The molecule has 0 aliphatic heterocycles. The van der Waals surface area contributed by atoms with Gasteiger partial charge in [-0.3, -0.25) is 0 Å². The molecule has 64 heavy (non-hydrogen) atoms. The largest absolute Gasteiger partial charge is 0.310 e. The smallest absolute Gasteiger partial charge is 0.0541 e. The molecule has 0 saturated heterocycles. The van der Waals surface area contributed by atoms with E-state index < -0.39 is 0 Å². The Balaban J connectivity index is 0.871. The van der Waals surface area contributed by atoms with Crippen molar-refractivity contribution in [1.29, 1.82) is 0 Å². The molecule has 11 aromatic carbocycles. The van der Waals surface area contributed by atoms with Crippen molar-refractivity contribution < 1.29 is 0 Å². The average Bonchev–Trinajstić information content (AvgIpc) is 3.71. The van der Waals surface area contributed by atoms with Crippen LogP contribution in [-0.2, 0) is 0 Å². The van der Waals surface area contributed by atoms with Gasteiger partial charge in [0.15, 0.2) is 0 Å². The van der Waals surface area contributed by atoms with Gasteiger partial charge in [0.2, 0.25) is 0 Å². The fraction of sp³-hybridized carbons (Fsp3) is 0. The molecule has 0 unspecified atom stereocenters. The third-order valence-corrected chi connectivity index (χ3v) is 12.8. The lowest BCUT2D eigenvalue weighted by Gasteiger charge is -2.26. The lowest BCUT2D eigenvalue weighted by molar-refractivity contribution is 1.18. The van der Waals surface area contributed by atoms with Gasteiger partial charge in [-0.2, -0.15) is 0 Å². The molecule has 0 radical (unpaired) electrons. The number of benzene rings is 11. The SMILES string of the molecule is c1cc(-c2ccc(N(c3ccc(-c4ccc(-c5ccccc5-n5c6ccccc6c6ccccc65)cc4)cc3)c3ccc4ccccc4c3)cc2)cc(-c2cccc3ccccc23)c1. The molecule has 0 aliphatic carbocycles. The fourth-order valence-corrected chi connectivity index (χ4v) is 9.65. The molecule has 0 amide bonds. The molecule has 0 fully saturated rings. The molecule has 1 aromatic heterocycles. The molecule has 0 saturated carbocycles. The summed E-state index contributed by atoms with van der Waals surface area (Å²) in [6.45, 7) is 0. The fourth-order valence-electron chi connectivity index (χ4n) is 9.65. The minimum atomic E-state index is 1.10. The molecule has 0 aliphatic rings. The third kappa shape index (κ3) is 6.61. The predicted octanol–water partition coefficient (Wildman–Crippen LogP) is 17.2. The second-order valence-electron chi connectivity index (χ2n) is 16.5. The van der Waals surface area contributed by atoms with Gasteiger partial charge in [0.25, 0.3) is 0 Å². The topological polar surface area (TPSA) is 8.17 Å². The van der Waals surface area contributed by atoms with Crippen LogP contribution in [0.1, 0.15) is 0 Å². The maximum Gasteiger partial charge on any atom is 0.0541 e. The molecule has 0 atom stereocenters. The van der Waals surface area contributed by atoms with Crippen LogP contribution in [0.15, 0.2) is 255 Å². The van der Waals surface area contributed by atoms with Crippen molar-refractivity contribution in [3.05, 3.63) is 255 Å². The van der Waals surface area contributed by atoms with Crippen molar-refractivity contribution in [3.8, 4) is 50.2 Å². The Morgan fingerprint density at radius 2 is 0.719 bits per heavy atom. The van der Waals surface area contributed by atoms with Crippen LogP contribution in [0.4, 0.5) is 17.1 Å². The van der Waals surface area contributed by atoms with Gasteiger partial charge in [-0.15, -0.1) is 0 Å². The maximum atomic E-state index is 2.41. The van der Waals surface area contributed by atoms with E-state index in [0.717, 1.165) is 17.1 Å². The molecular formula is C62H42N2. The van der Waals surface area contributed by atoms with E-state index >= 15 is 0 Å². The highest BCUT2D eigenvalue weighted by molar-refractivity contribution is 6.09. The van der Waals surface area contributed by atoms with Crippen molar-refractivity contribution in [3.63, 3.8) is 0 Å². The minimum Gasteiger partial charge on any atom is -0.310 e. The van der Waals surface area contributed by atoms with Gasteiger partial charge < -0.3 is 9.47 Å². The summed E-state index contributed by atoms with van der Waals surface area (Å²) in [5.41, 5.74) is 16.5. The Labute approximate surface area is 373 Å². The zero-order valence-electron chi connectivity index (χ0n) is 35.1. The highest BCUT2D eigenvalue weighted by atomic mass is 15.1. The van der Waals surface area contributed by atoms with Crippen LogP contribution in [-0.4, -0.2) is 4.57 Å². The van der Waals surface area contributed by atoms with E-state index in [2.05, 4.69) is 264 Å². The highest BCUT2D eigenvalue weighted by Crippen LogP contribution is 2.40. The minimum absolute atomic E-state index is 1.10. The lowest BCUT2D eigenvalue weighted by Crippen LogP contribution is -2.09.